The van der Waals surface area contributed by atoms with E-state index >= 15 is 0 Å². The first kappa shape index (κ1) is 16.9. The van der Waals surface area contributed by atoms with E-state index in [2.05, 4.69) is 55.5 Å². The van der Waals surface area contributed by atoms with Crippen LogP contribution >= 0.6 is 56.8 Å². The molecular weight excluding hydrogens is 517 g/mol. The zero-order chi connectivity index (χ0) is 15.4. The van der Waals surface area contributed by atoms with E-state index in [1.54, 1.807) is 6.07 Å². The van der Waals surface area contributed by atoms with Gasteiger partial charge in [-0.05, 0) is 68.9 Å². The van der Waals surface area contributed by atoms with E-state index < -0.39 is 0 Å². The minimum atomic E-state index is -0.331. The number of benzene rings is 1. The van der Waals surface area contributed by atoms with Gasteiger partial charge < -0.3 is 10.4 Å². The first-order chi connectivity index (χ1) is 10.0. The van der Waals surface area contributed by atoms with Gasteiger partial charge in [0.05, 0.1) is 11.6 Å². The summed E-state index contributed by atoms with van der Waals surface area (Å²) in [5.41, 5.74) is 1.97. The van der Waals surface area contributed by atoms with Crippen LogP contribution in [-0.2, 0) is 0 Å². The van der Waals surface area contributed by atoms with Gasteiger partial charge in [-0.3, -0.25) is 4.79 Å². The third kappa shape index (κ3) is 4.27. The Hall–Kier alpha value is -0.450. The maximum absolute atomic E-state index is 11.9. The van der Waals surface area contributed by atoms with Gasteiger partial charge in [0.2, 0.25) is 0 Å². The average molecular weight is 529 g/mol. The van der Waals surface area contributed by atoms with Crippen LogP contribution in [-0.4, -0.2) is 29.1 Å². The van der Waals surface area contributed by atoms with Crippen LogP contribution in [0.25, 0.3) is 11.1 Å². The lowest BCUT2D eigenvalue weighted by Gasteiger charge is -2.09. The predicted octanol–water partition coefficient (Wildman–Crippen LogP) is 3.33. The molecule has 2 N–H and O–H groups in total. The lowest BCUT2D eigenvalue weighted by Crippen LogP contribution is -2.27. The summed E-state index contributed by atoms with van der Waals surface area (Å²) in [6.07, 6.45) is 1.47. The fraction of sp³-hybridized carbons (Fsp3) is 0.143. The molecule has 0 bridgehead atoms. The third-order valence-corrected chi connectivity index (χ3v) is 5.88. The van der Waals surface area contributed by atoms with Crippen LogP contribution in [0.4, 0.5) is 0 Å². The predicted molar refractivity (Wildman–Crippen MR) is 99.5 cm³/mol. The van der Waals surface area contributed by atoms with Crippen LogP contribution in [0.15, 0.2) is 30.5 Å². The molecule has 0 aliphatic heterocycles. The Morgan fingerprint density at radius 3 is 2.71 bits per heavy atom. The molecule has 1 aromatic heterocycles. The molecule has 1 heterocycles. The van der Waals surface area contributed by atoms with Gasteiger partial charge in [-0.15, -0.1) is 0 Å². The lowest BCUT2D eigenvalue weighted by atomic mass is 10.1. The van der Waals surface area contributed by atoms with Crippen LogP contribution in [0.3, 0.4) is 0 Å². The quantitative estimate of drug-likeness (QED) is 0.599. The van der Waals surface area contributed by atoms with Crippen molar-refractivity contribution in [2.24, 2.45) is 0 Å². The minimum Gasteiger partial charge on any atom is -0.395 e. The van der Waals surface area contributed by atoms with Crippen LogP contribution in [0.1, 0.15) is 10.5 Å². The summed E-state index contributed by atoms with van der Waals surface area (Å²) in [6, 6.07) is 7.63. The summed E-state index contributed by atoms with van der Waals surface area (Å²) in [5, 5.41) is 11.8. The van der Waals surface area contributed by atoms with Crippen molar-refractivity contribution >= 4 is 62.7 Å². The first-order valence-electron chi connectivity index (χ1n) is 6.03. The Labute approximate surface area is 154 Å². The molecule has 0 saturated heterocycles. The van der Waals surface area contributed by atoms with Gasteiger partial charge in [0.1, 0.15) is 5.69 Å². The lowest BCUT2D eigenvalue weighted by molar-refractivity contribution is 0.0940. The number of rotatable bonds is 4. The van der Waals surface area contributed by atoms with Crippen molar-refractivity contribution in [2.45, 2.75) is 0 Å². The molecule has 0 spiro atoms. The zero-order valence-corrected chi connectivity index (χ0v) is 15.8. The van der Waals surface area contributed by atoms with Gasteiger partial charge in [-0.2, -0.15) is 0 Å². The summed E-state index contributed by atoms with van der Waals surface area (Å²) in [6.45, 7) is 0.0847. The highest BCUT2D eigenvalue weighted by Crippen LogP contribution is 2.30. The molecule has 0 fully saturated rings. The molecule has 110 valence electrons. The SMILES string of the molecule is O=C(NCCO)c1cc(-c2ccc(I)c(I)c2)c(Cl)cn1. The fourth-order valence-electron chi connectivity index (χ4n) is 1.71. The number of aromatic nitrogens is 1. The monoisotopic (exact) mass is 528 g/mol. The summed E-state index contributed by atoms with van der Waals surface area (Å²) in [4.78, 5) is 15.9. The summed E-state index contributed by atoms with van der Waals surface area (Å²) < 4.78 is 2.27. The van der Waals surface area contributed by atoms with E-state index in [4.69, 9.17) is 16.7 Å². The highest BCUT2D eigenvalue weighted by molar-refractivity contribution is 14.1. The topological polar surface area (TPSA) is 62.2 Å². The number of aliphatic hydroxyl groups excluding tert-OH is 1. The largest absolute Gasteiger partial charge is 0.395 e. The number of amides is 1. The van der Waals surface area contributed by atoms with Crippen molar-refractivity contribution in [2.75, 3.05) is 13.2 Å². The molecule has 21 heavy (non-hydrogen) atoms. The van der Waals surface area contributed by atoms with Crippen LogP contribution in [0.2, 0.25) is 5.02 Å². The van der Waals surface area contributed by atoms with Gasteiger partial charge in [0, 0.05) is 25.4 Å². The maximum atomic E-state index is 11.9. The Morgan fingerprint density at radius 1 is 1.29 bits per heavy atom. The fourth-order valence-corrected chi connectivity index (χ4v) is 2.77. The second kappa shape index (κ2) is 7.70. The number of nitrogens with zero attached hydrogens (tertiary/aromatic N) is 1. The summed E-state index contributed by atoms with van der Waals surface area (Å²) in [7, 11) is 0. The Balaban J connectivity index is 2.39. The average Bonchev–Trinajstić information content (AvgIpc) is 2.48. The van der Waals surface area contributed by atoms with Crippen molar-refractivity contribution in [3.63, 3.8) is 0 Å². The van der Waals surface area contributed by atoms with Crippen molar-refractivity contribution < 1.29 is 9.90 Å². The van der Waals surface area contributed by atoms with Crippen molar-refractivity contribution in [3.8, 4) is 11.1 Å². The summed E-state index contributed by atoms with van der Waals surface area (Å²) in [5.74, 6) is -0.331. The number of pyridine rings is 1. The van der Waals surface area contributed by atoms with E-state index in [9.17, 15) is 4.79 Å². The minimum absolute atomic E-state index is 0.110. The van der Waals surface area contributed by atoms with E-state index in [1.165, 1.54) is 6.20 Å². The van der Waals surface area contributed by atoms with Gasteiger partial charge in [0.25, 0.3) is 5.91 Å². The highest BCUT2D eigenvalue weighted by atomic mass is 127. The number of nitrogens with one attached hydrogen (secondary N) is 1. The van der Waals surface area contributed by atoms with Crippen LogP contribution in [0.5, 0.6) is 0 Å². The molecule has 1 aromatic carbocycles. The van der Waals surface area contributed by atoms with Crippen molar-refractivity contribution in [1.82, 2.24) is 10.3 Å². The number of carbonyl (C=O) groups is 1. The van der Waals surface area contributed by atoms with Crippen LogP contribution < -0.4 is 5.32 Å². The molecule has 2 rings (SSSR count). The van der Waals surface area contributed by atoms with Gasteiger partial charge in [0.15, 0.2) is 0 Å². The van der Waals surface area contributed by atoms with Gasteiger partial charge >= 0.3 is 0 Å². The molecule has 0 aliphatic rings. The molecule has 7 heteroatoms. The highest BCUT2D eigenvalue weighted by Gasteiger charge is 2.12. The Kier molecular flexibility index (Phi) is 6.20. The van der Waals surface area contributed by atoms with E-state index in [0.717, 1.165) is 18.3 Å². The van der Waals surface area contributed by atoms with Crippen molar-refractivity contribution in [1.29, 1.82) is 0 Å². The van der Waals surface area contributed by atoms with E-state index in [0.29, 0.717) is 5.02 Å². The molecule has 0 atom stereocenters. The Morgan fingerprint density at radius 2 is 2.05 bits per heavy atom. The first-order valence-corrected chi connectivity index (χ1v) is 8.56. The van der Waals surface area contributed by atoms with Crippen molar-refractivity contribution in [3.05, 3.63) is 48.3 Å². The molecule has 0 radical (unpaired) electrons. The summed E-state index contributed by atoms with van der Waals surface area (Å²) >= 11 is 10.7. The van der Waals surface area contributed by atoms with E-state index in [1.807, 2.05) is 18.2 Å². The second-order valence-corrected chi connectivity index (χ2v) is 6.89. The third-order valence-electron chi connectivity index (χ3n) is 2.72. The molecule has 4 nitrogen and oxygen atoms in total. The smallest absolute Gasteiger partial charge is 0.269 e. The molecule has 1 amide bonds. The molecular formula is C14H11ClI2N2O2. The molecule has 0 unspecified atom stereocenters. The number of hydrogen-bond acceptors (Lipinski definition) is 3. The normalized spacial score (nSPS) is 10.5. The van der Waals surface area contributed by atoms with Gasteiger partial charge in [-0.25, -0.2) is 4.98 Å². The number of aliphatic hydroxyl groups is 1. The zero-order valence-electron chi connectivity index (χ0n) is 10.7. The maximum Gasteiger partial charge on any atom is 0.269 e. The molecule has 2 aromatic rings. The standard InChI is InChI=1S/C14H11ClI2N2O2/c15-10-7-19-13(14(21)18-3-4-20)6-9(10)8-1-2-11(16)12(17)5-8/h1-2,5-7,20H,3-4H2,(H,18,21). The van der Waals surface area contributed by atoms with Gasteiger partial charge in [-0.1, -0.05) is 17.7 Å². The molecule has 0 aliphatic carbocycles. The Bertz CT molecular complexity index is 680. The molecule has 0 saturated carbocycles. The number of halogens is 3. The number of carbonyl (C=O) groups excluding carboxylic acids is 1. The number of hydrogen-bond donors (Lipinski definition) is 2. The second-order valence-electron chi connectivity index (χ2n) is 4.16. The van der Waals surface area contributed by atoms with E-state index in [-0.39, 0.29) is 24.8 Å². The van der Waals surface area contributed by atoms with Crippen LogP contribution in [0, 0.1) is 7.14 Å².